The van der Waals surface area contributed by atoms with E-state index in [0.29, 0.717) is 43.4 Å². The van der Waals surface area contributed by atoms with E-state index in [1.807, 2.05) is 6.92 Å². The van der Waals surface area contributed by atoms with Crippen molar-refractivity contribution >= 4 is 0 Å². The van der Waals surface area contributed by atoms with E-state index in [2.05, 4.69) is 20.8 Å². The van der Waals surface area contributed by atoms with Crippen LogP contribution in [0.4, 0.5) is 0 Å². The van der Waals surface area contributed by atoms with Crippen molar-refractivity contribution in [1.82, 2.24) is 0 Å². The Balaban J connectivity index is 0.833. The van der Waals surface area contributed by atoms with E-state index < -0.39 is 155 Å². The molecule has 0 aromatic rings. The summed E-state index contributed by atoms with van der Waals surface area (Å²) >= 11 is 0. The van der Waals surface area contributed by atoms with Crippen molar-refractivity contribution in [3.05, 3.63) is 0 Å². The molecule has 23 heteroatoms. The minimum Gasteiger partial charge on any atom is -0.394 e. The fourth-order valence-corrected chi connectivity index (χ4v) is 15.6. The van der Waals surface area contributed by atoms with Crippen molar-refractivity contribution in [3.8, 4) is 0 Å². The molecule has 9 rings (SSSR count). The molecule has 32 unspecified atom stereocenters. The molecule has 4 saturated carbocycles. The summed E-state index contributed by atoms with van der Waals surface area (Å²) in [5, 5.41) is 149. The maximum absolute atomic E-state index is 12.1. The summed E-state index contributed by atoms with van der Waals surface area (Å²) in [4.78, 5) is 0. The van der Waals surface area contributed by atoms with Gasteiger partial charge in [0.15, 0.2) is 30.9 Å². The van der Waals surface area contributed by atoms with Crippen LogP contribution in [0.25, 0.3) is 0 Å². The smallest absolute Gasteiger partial charge is 0.187 e. The second-order valence-corrected chi connectivity index (χ2v) is 24.3. The van der Waals surface area contributed by atoms with Gasteiger partial charge in [-0.2, -0.15) is 0 Å². The van der Waals surface area contributed by atoms with E-state index in [9.17, 15) is 71.5 Å². The molecule has 5 saturated heterocycles. The highest BCUT2D eigenvalue weighted by Crippen LogP contribution is 2.71. The topological polar surface area (TPSA) is 366 Å². The molecule has 0 bridgehead atoms. The molecular formula is C51H86O23. The van der Waals surface area contributed by atoms with E-state index in [4.69, 9.17) is 42.6 Å². The van der Waals surface area contributed by atoms with Gasteiger partial charge in [0.1, 0.15) is 91.6 Å². The number of ether oxygens (including phenoxy) is 9. The molecule has 5 aliphatic heterocycles. The Morgan fingerprint density at radius 3 is 1.77 bits per heavy atom. The lowest BCUT2D eigenvalue weighted by Crippen LogP contribution is -2.67. The Morgan fingerprint density at radius 2 is 1.12 bits per heavy atom. The minimum atomic E-state index is -1.85. The van der Waals surface area contributed by atoms with E-state index in [1.165, 1.54) is 6.92 Å². The number of hydrogen-bond donors (Lipinski definition) is 14. The second kappa shape index (κ2) is 22.6. The van der Waals surface area contributed by atoms with Crippen molar-refractivity contribution < 1.29 is 114 Å². The molecule has 4 aliphatic carbocycles. The molecule has 74 heavy (non-hydrogen) atoms. The quantitative estimate of drug-likeness (QED) is 0.0730. The van der Waals surface area contributed by atoms with Gasteiger partial charge in [-0.25, -0.2) is 0 Å². The zero-order valence-electron chi connectivity index (χ0n) is 43.1. The fourth-order valence-electron chi connectivity index (χ4n) is 15.6. The average Bonchev–Trinajstić information content (AvgIpc) is 3.82. The zero-order valence-corrected chi connectivity index (χ0v) is 43.1. The van der Waals surface area contributed by atoms with Crippen LogP contribution in [0, 0.1) is 52.3 Å². The fraction of sp³-hybridized carbons (Fsp3) is 1.00. The van der Waals surface area contributed by atoms with Crippen LogP contribution < -0.4 is 0 Å². The third-order valence-electron chi connectivity index (χ3n) is 20.1. The standard InChI is InChI=1S/C51H86O23/c1-20(19-66-45-39(61)37(59)34(56)29(16-52)69-45)8-13-51(65)21(2)32-28(74-51)15-27-25-7-6-23-14-24(9-11-49(23,4)26(25)10-12-50(27,32)5)68-48-44(73-46-40(62)36(58)33(55)22(3)67-46)42(64)43(31(18-54)71-48)72-47-41(63)38(60)35(57)30(17-53)70-47/h20-48,52-65H,6-19H2,1-5H3. The van der Waals surface area contributed by atoms with Crippen molar-refractivity contribution in [1.29, 1.82) is 0 Å². The van der Waals surface area contributed by atoms with E-state index >= 15 is 0 Å². The Labute approximate surface area is 431 Å². The molecule has 0 aromatic heterocycles. The van der Waals surface area contributed by atoms with Crippen molar-refractivity contribution in [2.75, 3.05) is 26.4 Å². The van der Waals surface area contributed by atoms with Crippen LogP contribution >= 0.6 is 0 Å². The van der Waals surface area contributed by atoms with Gasteiger partial charge in [-0.05, 0) is 111 Å². The van der Waals surface area contributed by atoms with Crippen LogP contribution in [0.2, 0.25) is 0 Å². The minimum absolute atomic E-state index is 0.0171. The van der Waals surface area contributed by atoms with Gasteiger partial charge in [0.25, 0.3) is 0 Å². The molecule has 0 spiro atoms. The summed E-state index contributed by atoms with van der Waals surface area (Å²) < 4.78 is 54.5. The summed E-state index contributed by atoms with van der Waals surface area (Å²) in [6.07, 6.45) is -22.7. The molecule has 428 valence electrons. The molecule has 0 amide bonds. The van der Waals surface area contributed by atoms with Gasteiger partial charge in [-0.3, -0.25) is 0 Å². The molecule has 23 nitrogen and oxygen atoms in total. The van der Waals surface area contributed by atoms with Gasteiger partial charge in [0.05, 0.1) is 44.7 Å². The average molecular weight is 1070 g/mol. The molecule has 9 aliphatic rings. The Kier molecular flexibility index (Phi) is 17.6. The van der Waals surface area contributed by atoms with Crippen LogP contribution in [0.5, 0.6) is 0 Å². The lowest BCUT2D eigenvalue weighted by atomic mass is 9.44. The largest absolute Gasteiger partial charge is 0.394 e. The first-order chi connectivity index (χ1) is 35.0. The molecule has 5 heterocycles. The van der Waals surface area contributed by atoms with Gasteiger partial charge in [-0.1, -0.05) is 27.7 Å². The van der Waals surface area contributed by atoms with Gasteiger partial charge in [0, 0.05) is 12.3 Å². The van der Waals surface area contributed by atoms with Crippen LogP contribution in [-0.4, -0.2) is 239 Å². The normalized spacial score (nSPS) is 56.0. The zero-order chi connectivity index (χ0) is 53.5. The van der Waals surface area contributed by atoms with E-state index in [1.54, 1.807) is 0 Å². The van der Waals surface area contributed by atoms with Gasteiger partial charge < -0.3 is 114 Å². The summed E-state index contributed by atoms with van der Waals surface area (Å²) in [6, 6.07) is 0. The van der Waals surface area contributed by atoms with Crippen LogP contribution in [0.3, 0.4) is 0 Å². The highest BCUT2D eigenvalue weighted by atomic mass is 16.8. The maximum atomic E-state index is 12.1. The predicted molar refractivity (Wildman–Crippen MR) is 250 cm³/mol. The van der Waals surface area contributed by atoms with Crippen molar-refractivity contribution in [2.45, 2.75) is 240 Å². The molecule has 9 fully saturated rings. The third-order valence-corrected chi connectivity index (χ3v) is 20.1. The molecule has 14 N–H and O–H groups in total. The summed E-state index contributed by atoms with van der Waals surface area (Å²) in [5.74, 6) is 0.202. The van der Waals surface area contributed by atoms with E-state index in [0.717, 1.165) is 38.5 Å². The summed E-state index contributed by atoms with van der Waals surface area (Å²) in [5.41, 5.74) is -0.0583. The highest BCUT2D eigenvalue weighted by molar-refractivity contribution is 5.15. The number of fused-ring (bicyclic) bond motifs is 7. The van der Waals surface area contributed by atoms with Gasteiger partial charge in [-0.15, -0.1) is 0 Å². The number of aliphatic hydroxyl groups is 14. The first kappa shape index (κ1) is 57.8. The van der Waals surface area contributed by atoms with Crippen molar-refractivity contribution in [2.24, 2.45) is 52.3 Å². The Bertz CT molecular complexity index is 1850. The van der Waals surface area contributed by atoms with Crippen molar-refractivity contribution in [3.63, 3.8) is 0 Å². The summed E-state index contributed by atoms with van der Waals surface area (Å²) in [6.45, 7) is 8.49. The van der Waals surface area contributed by atoms with Crippen LogP contribution in [-0.2, 0) is 42.6 Å². The summed E-state index contributed by atoms with van der Waals surface area (Å²) in [7, 11) is 0. The Morgan fingerprint density at radius 1 is 0.554 bits per heavy atom. The van der Waals surface area contributed by atoms with Crippen LogP contribution in [0.1, 0.15) is 98.8 Å². The third kappa shape index (κ3) is 10.3. The van der Waals surface area contributed by atoms with Gasteiger partial charge in [0.2, 0.25) is 0 Å². The number of hydrogen-bond acceptors (Lipinski definition) is 23. The number of aliphatic hydroxyl groups excluding tert-OH is 13. The SMILES string of the molecule is CC(CCC1(O)OC2CC3C4CCC5CC(OC6OC(CO)C(OC7OC(CO)C(O)C(O)C7O)C(O)C6OC6OC(C)C(O)C(O)C6O)CCC5(C)C4CCC3(C)C2C1C)COC1OC(CO)C(O)C(O)C1O. The highest BCUT2D eigenvalue weighted by Gasteiger charge is 2.68. The monoisotopic (exact) mass is 1070 g/mol. The lowest BCUT2D eigenvalue weighted by Gasteiger charge is -2.61. The first-order valence-corrected chi connectivity index (χ1v) is 27.2. The molecule has 0 radical (unpaired) electrons. The van der Waals surface area contributed by atoms with E-state index in [-0.39, 0.29) is 47.2 Å². The lowest BCUT2D eigenvalue weighted by molar-refractivity contribution is -0.390. The second-order valence-electron chi connectivity index (χ2n) is 24.3. The maximum Gasteiger partial charge on any atom is 0.187 e. The first-order valence-electron chi connectivity index (χ1n) is 27.2. The predicted octanol–water partition coefficient (Wildman–Crippen LogP) is -2.93. The molecule has 0 aromatic carbocycles. The molecule has 32 atom stereocenters. The van der Waals surface area contributed by atoms with Gasteiger partial charge >= 0.3 is 0 Å². The number of rotatable bonds is 15. The van der Waals surface area contributed by atoms with Crippen LogP contribution in [0.15, 0.2) is 0 Å². The Hall–Kier alpha value is -0.920. The molecular weight excluding hydrogens is 981 g/mol.